The van der Waals surface area contributed by atoms with Gasteiger partial charge in [-0.2, -0.15) is 0 Å². The number of benzene rings is 1. The van der Waals surface area contributed by atoms with Gasteiger partial charge in [-0.3, -0.25) is 0 Å². The van der Waals surface area contributed by atoms with Crippen LogP contribution in [0, 0.1) is 13.8 Å². The highest BCUT2D eigenvalue weighted by Gasteiger charge is 2.04. The fourth-order valence-electron chi connectivity index (χ4n) is 1.50. The van der Waals surface area contributed by atoms with E-state index >= 15 is 0 Å². The summed E-state index contributed by atoms with van der Waals surface area (Å²) in [5, 5.41) is 2.82. The third kappa shape index (κ3) is 1.29. The van der Waals surface area contributed by atoms with Crippen LogP contribution in [0.5, 0.6) is 0 Å². The van der Waals surface area contributed by atoms with Crippen molar-refractivity contribution in [3.05, 3.63) is 40.7 Å². The summed E-state index contributed by atoms with van der Waals surface area (Å²) in [4.78, 5) is 4.07. The lowest BCUT2D eigenvalue weighted by Crippen LogP contribution is -1.86. The second-order valence-electron chi connectivity index (χ2n) is 3.21. The molecule has 0 saturated carbocycles. The van der Waals surface area contributed by atoms with Gasteiger partial charge in [0.05, 0.1) is 0 Å². The van der Waals surface area contributed by atoms with Gasteiger partial charge in [0.1, 0.15) is 5.15 Å². The van der Waals surface area contributed by atoms with Gasteiger partial charge in [-0.1, -0.05) is 23.7 Å². The topological polar surface area (TPSA) is 12.9 Å². The molecule has 1 aromatic heterocycles. The maximum Gasteiger partial charge on any atom is 0.137 e. The minimum atomic E-state index is 0.596. The Labute approximate surface area is 82.4 Å². The predicted molar refractivity (Wildman–Crippen MR) is 56.2 cm³/mol. The van der Waals surface area contributed by atoms with Crippen LogP contribution in [-0.2, 0) is 0 Å². The maximum atomic E-state index is 6.02. The smallest absolute Gasteiger partial charge is 0.137 e. The van der Waals surface area contributed by atoms with E-state index in [1.165, 1.54) is 11.1 Å². The van der Waals surface area contributed by atoms with Crippen LogP contribution in [0.2, 0.25) is 5.15 Å². The Morgan fingerprint density at radius 3 is 2.69 bits per heavy atom. The highest BCUT2D eigenvalue weighted by atomic mass is 35.5. The number of aryl methyl sites for hydroxylation is 2. The Kier molecular flexibility index (Phi) is 1.97. The van der Waals surface area contributed by atoms with Crippen LogP contribution in [0.15, 0.2) is 24.4 Å². The molecular weight excluding hydrogens is 182 g/mol. The van der Waals surface area contributed by atoms with Crippen molar-refractivity contribution in [3.8, 4) is 0 Å². The van der Waals surface area contributed by atoms with E-state index in [4.69, 9.17) is 11.6 Å². The molecule has 0 atom stereocenters. The molecule has 1 heterocycles. The van der Waals surface area contributed by atoms with Crippen molar-refractivity contribution in [1.82, 2.24) is 4.98 Å². The van der Waals surface area contributed by atoms with E-state index in [-0.39, 0.29) is 0 Å². The monoisotopic (exact) mass is 191 g/mol. The van der Waals surface area contributed by atoms with Gasteiger partial charge in [0.15, 0.2) is 0 Å². The van der Waals surface area contributed by atoms with Crippen LogP contribution in [0.25, 0.3) is 10.8 Å². The fourth-order valence-corrected chi connectivity index (χ4v) is 1.80. The molecule has 2 rings (SSSR count). The fraction of sp³-hybridized carbons (Fsp3) is 0.182. The number of hydrogen-bond donors (Lipinski definition) is 0. The number of hydrogen-bond acceptors (Lipinski definition) is 1. The van der Waals surface area contributed by atoms with Crippen molar-refractivity contribution in [3.63, 3.8) is 0 Å². The summed E-state index contributed by atoms with van der Waals surface area (Å²) in [7, 11) is 0. The predicted octanol–water partition coefficient (Wildman–Crippen LogP) is 3.51. The van der Waals surface area contributed by atoms with Crippen LogP contribution in [0.1, 0.15) is 11.1 Å². The summed E-state index contributed by atoms with van der Waals surface area (Å²) in [6.45, 7) is 4.16. The first-order chi connectivity index (χ1) is 6.20. The quantitative estimate of drug-likeness (QED) is 0.581. The number of fused-ring (bicyclic) bond motifs is 1. The zero-order valence-electron chi connectivity index (χ0n) is 7.63. The Morgan fingerprint density at radius 2 is 1.92 bits per heavy atom. The molecule has 0 spiro atoms. The standard InChI is InChI=1S/C11H10ClN/c1-7-3-4-9-5-6-13-11(12)10(9)8(7)2/h3-6H,1-2H3. The van der Waals surface area contributed by atoms with E-state index < -0.39 is 0 Å². The molecule has 0 radical (unpaired) electrons. The lowest BCUT2D eigenvalue weighted by atomic mass is 10.0. The molecule has 0 fully saturated rings. The molecule has 66 valence electrons. The molecule has 0 aliphatic carbocycles. The number of pyridine rings is 1. The molecule has 0 aliphatic rings. The number of rotatable bonds is 0. The van der Waals surface area contributed by atoms with Gasteiger partial charge < -0.3 is 0 Å². The summed E-state index contributed by atoms with van der Waals surface area (Å²) >= 11 is 6.02. The van der Waals surface area contributed by atoms with E-state index in [0.29, 0.717) is 5.15 Å². The SMILES string of the molecule is Cc1ccc2ccnc(Cl)c2c1C. The van der Waals surface area contributed by atoms with Crippen LogP contribution in [0.3, 0.4) is 0 Å². The molecule has 1 nitrogen and oxygen atoms in total. The third-order valence-corrected chi connectivity index (χ3v) is 2.70. The Morgan fingerprint density at radius 1 is 1.15 bits per heavy atom. The van der Waals surface area contributed by atoms with E-state index in [2.05, 4.69) is 31.0 Å². The van der Waals surface area contributed by atoms with Crippen LogP contribution in [0.4, 0.5) is 0 Å². The molecular formula is C11H10ClN. The Bertz CT molecular complexity index is 463. The van der Waals surface area contributed by atoms with Gasteiger partial charge in [0, 0.05) is 11.6 Å². The number of halogens is 1. The van der Waals surface area contributed by atoms with Gasteiger partial charge in [-0.25, -0.2) is 4.98 Å². The summed E-state index contributed by atoms with van der Waals surface area (Å²) in [5.74, 6) is 0. The summed E-state index contributed by atoms with van der Waals surface area (Å²) < 4.78 is 0. The van der Waals surface area contributed by atoms with Gasteiger partial charge in [0.25, 0.3) is 0 Å². The molecule has 0 bridgehead atoms. The minimum absolute atomic E-state index is 0.596. The first-order valence-electron chi connectivity index (χ1n) is 4.20. The lowest BCUT2D eigenvalue weighted by Gasteiger charge is -2.05. The normalized spacial score (nSPS) is 10.7. The van der Waals surface area contributed by atoms with Gasteiger partial charge in [0.2, 0.25) is 0 Å². The number of nitrogens with zero attached hydrogens (tertiary/aromatic N) is 1. The first-order valence-corrected chi connectivity index (χ1v) is 4.58. The van der Waals surface area contributed by atoms with E-state index in [0.717, 1.165) is 10.8 Å². The van der Waals surface area contributed by atoms with E-state index in [1.807, 2.05) is 6.07 Å². The van der Waals surface area contributed by atoms with Gasteiger partial charge in [-0.05, 0) is 36.4 Å². The molecule has 2 heteroatoms. The van der Waals surface area contributed by atoms with Crippen LogP contribution >= 0.6 is 11.6 Å². The maximum absolute atomic E-state index is 6.02. The molecule has 0 N–H and O–H groups in total. The second-order valence-corrected chi connectivity index (χ2v) is 3.57. The molecule has 1 aromatic carbocycles. The molecule has 0 saturated heterocycles. The Hall–Kier alpha value is -1.08. The van der Waals surface area contributed by atoms with Crippen molar-refractivity contribution >= 4 is 22.4 Å². The summed E-state index contributed by atoms with van der Waals surface area (Å²) in [6.07, 6.45) is 1.74. The average Bonchev–Trinajstić information content (AvgIpc) is 2.12. The zero-order valence-corrected chi connectivity index (χ0v) is 8.39. The van der Waals surface area contributed by atoms with Crippen molar-refractivity contribution in [2.75, 3.05) is 0 Å². The van der Waals surface area contributed by atoms with Crippen LogP contribution < -0.4 is 0 Å². The number of aromatic nitrogens is 1. The Balaban J connectivity index is 2.97. The largest absolute Gasteiger partial charge is 0.244 e. The van der Waals surface area contributed by atoms with Gasteiger partial charge in [-0.15, -0.1) is 0 Å². The van der Waals surface area contributed by atoms with E-state index in [9.17, 15) is 0 Å². The molecule has 0 aliphatic heterocycles. The van der Waals surface area contributed by atoms with Crippen molar-refractivity contribution in [2.45, 2.75) is 13.8 Å². The summed E-state index contributed by atoms with van der Waals surface area (Å²) in [6, 6.07) is 6.16. The average molecular weight is 192 g/mol. The second kappa shape index (κ2) is 3.00. The van der Waals surface area contributed by atoms with Crippen LogP contribution in [-0.4, -0.2) is 4.98 Å². The molecule has 0 unspecified atom stereocenters. The minimum Gasteiger partial charge on any atom is -0.244 e. The molecule has 13 heavy (non-hydrogen) atoms. The van der Waals surface area contributed by atoms with Crippen molar-refractivity contribution in [1.29, 1.82) is 0 Å². The van der Waals surface area contributed by atoms with Gasteiger partial charge >= 0.3 is 0 Å². The highest BCUT2D eigenvalue weighted by Crippen LogP contribution is 2.26. The molecule has 2 aromatic rings. The van der Waals surface area contributed by atoms with Crippen molar-refractivity contribution < 1.29 is 0 Å². The highest BCUT2D eigenvalue weighted by molar-refractivity contribution is 6.34. The van der Waals surface area contributed by atoms with E-state index in [1.54, 1.807) is 6.20 Å². The molecule has 0 amide bonds. The first kappa shape index (κ1) is 8.52. The van der Waals surface area contributed by atoms with Crippen molar-refractivity contribution in [2.24, 2.45) is 0 Å². The zero-order chi connectivity index (χ0) is 9.42. The summed E-state index contributed by atoms with van der Waals surface area (Å²) in [5.41, 5.74) is 2.47. The lowest BCUT2D eigenvalue weighted by molar-refractivity contribution is 1.32. The third-order valence-electron chi connectivity index (χ3n) is 2.42.